The molecule has 2 aromatic carbocycles. The minimum Gasteiger partial charge on any atom is -0.330 e. The molecule has 24 heavy (non-hydrogen) atoms. The number of hydrazine groups is 1. The maximum absolute atomic E-state index is 11.8. The minimum atomic E-state index is -0.151. The number of nitrogens with one attached hydrogen (secondary N) is 3. The molecule has 8 heteroatoms. The zero-order chi connectivity index (χ0) is 17.4. The van der Waals surface area contributed by atoms with E-state index in [2.05, 4.69) is 32.1 Å². The molecule has 0 unspecified atom stereocenters. The molecule has 0 bridgehead atoms. The highest BCUT2D eigenvalue weighted by atomic mass is 79.9. The van der Waals surface area contributed by atoms with Crippen LogP contribution < -0.4 is 16.2 Å². The van der Waals surface area contributed by atoms with Gasteiger partial charge in [0.1, 0.15) is 0 Å². The highest BCUT2D eigenvalue weighted by molar-refractivity contribution is 9.10. The number of thioether (sulfide) groups is 1. The molecule has 0 aliphatic rings. The van der Waals surface area contributed by atoms with Crippen molar-refractivity contribution in [2.75, 3.05) is 11.1 Å². The van der Waals surface area contributed by atoms with E-state index in [1.165, 1.54) is 17.3 Å². The van der Waals surface area contributed by atoms with Crippen LogP contribution in [0.25, 0.3) is 0 Å². The Labute approximate surface area is 163 Å². The van der Waals surface area contributed by atoms with Crippen molar-refractivity contribution in [1.82, 2.24) is 10.9 Å². The maximum Gasteiger partial charge on any atom is 0.248 e. The van der Waals surface area contributed by atoms with Gasteiger partial charge in [0.05, 0.1) is 16.5 Å². The van der Waals surface area contributed by atoms with E-state index in [9.17, 15) is 4.79 Å². The second-order valence-corrected chi connectivity index (χ2v) is 7.45. The summed E-state index contributed by atoms with van der Waals surface area (Å²) in [7, 11) is 0. The van der Waals surface area contributed by atoms with Crippen molar-refractivity contribution in [3.8, 4) is 0 Å². The quantitative estimate of drug-likeness (QED) is 0.473. The highest BCUT2D eigenvalue weighted by Gasteiger charge is 2.05. The molecule has 0 aromatic heterocycles. The Morgan fingerprint density at radius 3 is 2.62 bits per heavy atom. The third-order valence-corrected chi connectivity index (χ3v) is 4.85. The number of anilines is 1. The largest absolute Gasteiger partial charge is 0.330 e. The van der Waals surface area contributed by atoms with Gasteiger partial charge in [-0.15, -0.1) is 11.8 Å². The van der Waals surface area contributed by atoms with E-state index in [1.807, 2.05) is 36.4 Å². The van der Waals surface area contributed by atoms with Crippen LogP contribution in [-0.4, -0.2) is 16.8 Å². The summed E-state index contributed by atoms with van der Waals surface area (Å²) >= 11 is 16.1. The van der Waals surface area contributed by atoms with Gasteiger partial charge in [0.2, 0.25) is 5.91 Å². The highest BCUT2D eigenvalue weighted by Crippen LogP contribution is 2.25. The average molecular weight is 445 g/mol. The average Bonchev–Trinajstić information content (AvgIpc) is 2.56. The van der Waals surface area contributed by atoms with Crippen LogP contribution in [0, 0.1) is 0 Å². The van der Waals surface area contributed by atoms with Gasteiger partial charge in [-0.1, -0.05) is 57.9 Å². The lowest BCUT2D eigenvalue weighted by Gasteiger charge is -2.12. The van der Waals surface area contributed by atoms with Crippen molar-refractivity contribution in [3.05, 3.63) is 63.6 Å². The Kier molecular flexibility index (Phi) is 7.84. The van der Waals surface area contributed by atoms with E-state index in [0.717, 1.165) is 10.2 Å². The molecule has 0 spiro atoms. The van der Waals surface area contributed by atoms with Crippen molar-refractivity contribution in [3.63, 3.8) is 0 Å². The van der Waals surface area contributed by atoms with Crippen LogP contribution in [0.1, 0.15) is 5.56 Å². The van der Waals surface area contributed by atoms with E-state index in [4.69, 9.17) is 23.8 Å². The van der Waals surface area contributed by atoms with Gasteiger partial charge in [-0.3, -0.25) is 15.6 Å². The molecule has 0 atom stereocenters. The summed E-state index contributed by atoms with van der Waals surface area (Å²) in [4.78, 5) is 11.8. The lowest BCUT2D eigenvalue weighted by molar-refractivity contribution is -0.119. The Bertz CT molecular complexity index is 716. The Hall–Kier alpha value is -1.28. The molecule has 0 saturated heterocycles. The lowest BCUT2D eigenvalue weighted by Crippen LogP contribution is -2.44. The van der Waals surface area contributed by atoms with Crippen LogP contribution in [0.3, 0.4) is 0 Å². The summed E-state index contributed by atoms with van der Waals surface area (Å²) in [5, 5.41) is 3.71. The van der Waals surface area contributed by atoms with Crippen molar-refractivity contribution in [2.24, 2.45) is 0 Å². The fraction of sp³-hybridized carbons (Fsp3) is 0.125. The number of carbonyl (C=O) groups excluding carboxylic acids is 1. The number of hydrogen-bond donors (Lipinski definition) is 3. The molecule has 2 rings (SSSR count). The van der Waals surface area contributed by atoms with Crippen LogP contribution in [0.4, 0.5) is 5.69 Å². The summed E-state index contributed by atoms with van der Waals surface area (Å²) in [6, 6.07) is 15.4. The van der Waals surface area contributed by atoms with Crippen LogP contribution in [0.2, 0.25) is 5.02 Å². The van der Waals surface area contributed by atoms with Crippen molar-refractivity contribution in [1.29, 1.82) is 0 Å². The molecule has 126 valence electrons. The molecule has 0 heterocycles. The van der Waals surface area contributed by atoms with Gasteiger partial charge in [0.25, 0.3) is 0 Å². The number of amides is 1. The van der Waals surface area contributed by atoms with E-state index in [1.54, 1.807) is 12.1 Å². The Morgan fingerprint density at radius 2 is 1.92 bits per heavy atom. The van der Waals surface area contributed by atoms with E-state index in [-0.39, 0.29) is 11.0 Å². The molecular weight excluding hydrogens is 430 g/mol. The Morgan fingerprint density at radius 1 is 1.17 bits per heavy atom. The molecule has 4 nitrogen and oxygen atoms in total. The fourth-order valence-corrected chi connectivity index (χ4v) is 3.41. The van der Waals surface area contributed by atoms with E-state index in [0.29, 0.717) is 16.5 Å². The monoisotopic (exact) mass is 443 g/mol. The zero-order valence-electron chi connectivity index (χ0n) is 12.5. The molecular formula is C16H15BrClN3OS2. The van der Waals surface area contributed by atoms with Crippen LogP contribution in [0.15, 0.2) is 53.0 Å². The third-order valence-electron chi connectivity index (χ3n) is 2.84. The van der Waals surface area contributed by atoms with Gasteiger partial charge in [0.15, 0.2) is 5.11 Å². The molecule has 1 amide bonds. The SMILES string of the molecule is O=C(CSCc1ccccc1)NNC(=S)Nc1ccc(Br)cc1Cl. The summed E-state index contributed by atoms with van der Waals surface area (Å²) < 4.78 is 0.876. The summed E-state index contributed by atoms with van der Waals surface area (Å²) in [6.45, 7) is 0. The first-order chi connectivity index (χ1) is 11.5. The molecule has 0 aliphatic heterocycles. The van der Waals surface area contributed by atoms with Gasteiger partial charge in [-0.05, 0) is 36.0 Å². The van der Waals surface area contributed by atoms with Gasteiger partial charge in [0, 0.05) is 10.2 Å². The van der Waals surface area contributed by atoms with Crippen LogP contribution >= 0.6 is 51.5 Å². The fourth-order valence-electron chi connectivity index (χ4n) is 1.74. The molecule has 0 aliphatic carbocycles. The predicted molar refractivity (Wildman–Crippen MR) is 109 cm³/mol. The first kappa shape index (κ1) is 19.1. The van der Waals surface area contributed by atoms with Crippen molar-refractivity contribution < 1.29 is 4.79 Å². The number of benzene rings is 2. The number of halogens is 2. The number of carbonyl (C=O) groups is 1. The summed E-state index contributed by atoms with van der Waals surface area (Å²) in [5.41, 5.74) is 7.06. The standard InChI is InChI=1S/C16H15BrClN3OS2/c17-12-6-7-14(13(18)8-12)19-16(23)21-20-15(22)10-24-9-11-4-2-1-3-5-11/h1-8H,9-10H2,(H,20,22)(H2,19,21,23). The zero-order valence-corrected chi connectivity index (χ0v) is 16.5. The summed E-state index contributed by atoms with van der Waals surface area (Å²) in [5.74, 6) is 0.969. The number of thiocarbonyl (C=S) groups is 1. The second kappa shape index (κ2) is 9.88. The molecule has 0 radical (unpaired) electrons. The third kappa shape index (κ3) is 6.68. The van der Waals surface area contributed by atoms with Gasteiger partial charge < -0.3 is 5.32 Å². The van der Waals surface area contributed by atoms with E-state index < -0.39 is 0 Å². The second-order valence-electron chi connectivity index (χ2n) is 4.73. The number of rotatable bonds is 5. The maximum atomic E-state index is 11.8. The first-order valence-electron chi connectivity index (χ1n) is 6.97. The molecule has 2 aromatic rings. The molecule has 0 fully saturated rings. The van der Waals surface area contributed by atoms with Crippen LogP contribution in [-0.2, 0) is 10.5 Å². The normalized spacial score (nSPS) is 10.1. The first-order valence-corrected chi connectivity index (χ1v) is 9.70. The van der Waals surface area contributed by atoms with Crippen molar-refractivity contribution in [2.45, 2.75) is 5.75 Å². The summed E-state index contributed by atoms with van der Waals surface area (Å²) in [6.07, 6.45) is 0. The van der Waals surface area contributed by atoms with E-state index >= 15 is 0 Å². The van der Waals surface area contributed by atoms with Gasteiger partial charge in [-0.25, -0.2) is 0 Å². The Balaban J connectivity index is 1.68. The number of hydrogen-bond acceptors (Lipinski definition) is 3. The van der Waals surface area contributed by atoms with Crippen LogP contribution in [0.5, 0.6) is 0 Å². The topological polar surface area (TPSA) is 53.2 Å². The lowest BCUT2D eigenvalue weighted by atomic mass is 10.2. The smallest absolute Gasteiger partial charge is 0.248 e. The molecule has 3 N–H and O–H groups in total. The van der Waals surface area contributed by atoms with Crippen molar-refractivity contribution >= 4 is 68.2 Å². The minimum absolute atomic E-state index is 0.151. The molecule has 0 saturated carbocycles. The van der Waals surface area contributed by atoms with Gasteiger partial charge >= 0.3 is 0 Å². The predicted octanol–water partition coefficient (Wildman–Crippen LogP) is 4.35. The van der Waals surface area contributed by atoms with Gasteiger partial charge in [-0.2, -0.15) is 0 Å².